The van der Waals surface area contributed by atoms with Gasteiger partial charge in [-0.3, -0.25) is 0 Å². The van der Waals surface area contributed by atoms with Gasteiger partial charge in [-0.2, -0.15) is 5.26 Å². The standard InChI is InChI=1S/C20H23N3O4/c1-3-23(13-18(25)14-6-5-7-17(24)11-14)20(26)22-16-8-9-19(27-4-2)15(10-16)12-21/h5-11,18,24-25H,3-4,13H2,1-2H3,(H,22,26)/t18-/m1/s1. The van der Waals surface area contributed by atoms with Gasteiger partial charge < -0.3 is 25.2 Å². The molecule has 0 aliphatic rings. The Labute approximate surface area is 158 Å². The van der Waals surface area contributed by atoms with E-state index in [0.29, 0.717) is 35.7 Å². The van der Waals surface area contributed by atoms with Crippen LogP contribution in [0.5, 0.6) is 11.5 Å². The molecule has 7 heteroatoms. The highest BCUT2D eigenvalue weighted by Gasteiger charge is 2.18. The van der Waals surface area contributed by atoms with Crippen LogP contribution in [0.3, 0.4) is 0 Å². The minimum atomic E-state index is -0.933. The number of rotatable bonds is 7. The number of ether oxygens (including phenoxy) is 1. The zero-order chi connectivity index (χ0) is 19.8. The minimum Gasteiger partial charge on any atom is -0.508 e. The zero-order valence-corrected chi connectivity index (χ0v) is 15.3. The summed E-state index contributed by atoms with van der Waals surface area (Å²) >= 11 is 0. The topological polar surface area (TPSA) is 106 Å². The van der Waals surface area contributed by atoms with E-state index in [-0.39, 0.29) is 12.3 Å². The predicted octanol–water partition coefficient (Wildman–Crippen LogP) is 3.25. The molecule has 3 N–H and O–H groups in total. The number of carbonyl (C=O) groups is 1. The van der Waals surface area contributed by atoms with E-state index in [9.17, 15) is 20.3 Å². The van der Waals surface area contributed by atoms with Gasteiger partial charge in [0.15, 0.2) is 0 Å². The van der Waals surface area contributed by atoms with Crippen molar-refractivity contribution in [3.63, 3.8) is 0 Å². The molecule has 0 spiro atoms. The molecule has 1 atom stereocenters. The van der Waals surface area contributed by atoms with Crippen LogP contribution in [-0.2, 0) is 0 Å². The molecular weight excluding hydrogens is 346 g/mol. The largest absolute Gasteiger partial charge is 0.508 e. The number of carbonyl (C=O) groups excluding carboxylic acids is 1. The average Bonchev–Trinajstić information content (AvgIpc) is 2.67. The highest BCUT2D eigenvalue weighted by atomic mass is 16.5. The molecular formula is C20H23N3O4. The van der Waals surface area contributed by atoms with Crippen LogP contribution in [0.2, 0.25) is 0 Å². The number of hydrogen-bond donors (Lipinski definition) is 3. The molecule has 0 bridgehead atoms. The number of aliphatic hydroxyl groups is 1. The monoisotopic (exact) mass is 369 g/mol. The summed E-state index contributed by atoms with van der Waals surface area (Å²) in [6, 6.07) is 12.8. The lowest BCUT2D eigenvalue weighted by Gasteiger charge is -2.24. The molecule has 0 aliphatic heterocycles. The van der Waals surface area contributed by atoms with Crippen molar-refractivity contribution in [1.82, 2.24) is 4.90 Å². The molecule has 7 nitrogen and oxygen atoms in total. The van der Waals surface area contributed by atoms with Crippen LogP contribution >= 0.6 is 0 Å². The fraction of sp³-hybridized carbons (Fsp3) is 0.300. The fourth-order valence-electron chi connectivity index (χ4n) is 2.58. The highest BCUT2D eigenvalue weighted by molar-refractivity contribution is 5.89. The van der Waals surface area contributed by atoms with Gasteiger partial charge >= 0.3 is 6.03 Å². The van der Waals surface area contributed by atoms with Crippen LogP contribution in [0.15, 0.2) is 42.5 Å². The summed E-state index contributed by atoms with van der Waals surface area (Å²) in [6.45, 7) is 4.51. The summed E-state index contributed by atoms with van der Waals surface area (Å²) in [6.07, 6.45) is -0.933. The van der Waals surface area contributed by atoms with Gasteiger partial charge in [0.25, 0.3) is 0 Å². The molecule has 0 aromatic heterocycles. The molecule has 2 rings (SSSR count). The van der Waals surface area contributed by atoms with Crippen molar-refractivity contribution in [3.8, 4) is 17.6 Å². The fourth-order valence-corrected chi connectivity index (χ4v) is 2.58. The minimum absolute atomic E-state index is 0.0532. The normalized spacial score (nSPS) is 11.3. The van der Waals surface area contributed by atoms with E-state index in [0.717, 1.165) is 0 Å². The first-order valence-electron chi connectivity index (χ1n) is 8.68. The first kappa shape index (κ1) is 20.1. The summed E-state index contributed by atoms with van der Waals surface area (Å²) in [7, 11) is 0. The van der Waals surface area contributed by atoms with Crippen LogP contribution in [0.4, 0.5) is 10.5 Å². The number of nitriles is 1. The number of phenols is 1. The maximum Gasteiger partial charge on any atom is 0.321 e. The van der Waals surface area contributed by atoms with Crippen molar-refractivity contribution in [2.24, 2.45) is 0 Å². The number of nitrogens with zero attached hydrogens (tertiary/aromatic N) is 2. The van der Waals surface area contributed by atoms with Crippen LogP contribution in [-0.4, -0.2) is 40.8 Å². The third-order valence-corrected chi connectivity index (χ3v) is 3.97. The van der Waals surface area contributed by atoms with E-state index in [1.807, 2.05) is 13.0 Å². The van der Waals surface area contributed by atoms with Gasteiger partial charge in [-0.05, 0) is 49.7 Å². The summed E-state index contributed by atoms with van der Waals surface area (Å²) in [5, 5.41) is 31.8. The van der Waals surface area contributed by atoms with Crippen molar-refractivity contribution in [1.29, 1.82) is 5.26 Å². The molecule has 2 amide bonds. The number of amides is 2. The Kier molecular flexibility index (Phi) is 7.03. The number of hydrogen-bond acceptors (Lipinski definition) is 5. The quantitative estimate of drug-likeness (QED) is 0.695. The van der Waals surface area contributed by atoms with Crippen molar-refractivity contribution < 1.29 is 19.7 Å². The third-order valence-electron chi connectivity index (χ3n) is 3.97. The lowest BCUT2D eigenvalue weighted by Crippen LogP contribution is -2.37. The Morgan fingerprint density at radius 1 is 1.30 bits per heavy atom. The Hall–Kier alpha value is -3.24. The number of aliphatic hydroxyl groups excluding tert-OH is 1. The molecule has 0 aliphatic carbocycles. The number of aromatic hydroxyl groups is 1. The molecule has 2 aromatic carbocycles. The first-order chi connectivity index (χ1) is 13.0. The Morgan fingerprint density at radius 3 is 2.70 bits per heavy atom. The van der Waals surface area contributed by atoms with Crippen LogP contribution < -0.4 is 10.1 Å². The lowest BCUT2D eigenvalue weighted by atomic mass is 10.1. The number of nitrogens with one attached hydrogen (secondary N) is 1. The van der Waals surface area contributed by atoms with Gasteiger partial charge in [-0.25, -0.2) is 4.79 Å². The van der Waals surface area contributed by atoms with Gasteiger partial charge in [0.1, 0.15) is 17.6 Å². The number of benzene rings is 2. The van der Waals surface area contributed by atoms with Crippen molar-refractivity contribution in [2.45, 2.75) is 20.0 Å². The van der Waals surface area contributed by atoms with Gasteiger partial charge in [-0.15, -0.1) is 0 Å². The van der Waals surface area contributed by atoms with Crippen molar-refractivity contribution >= 4 is 11.7 Å². The van der Waals surface area contributed by atoms with E-state index < -0.39 is 12.1 Å². The van der Waals surface area contributed by atoms with Gasteiger partial charge in [0.05, 0.1) is 24.8 Å². The van der Waals surface area contributed by atoms with Gasteiger partial charge in [0, 0.05) is 12.2 Å². The maximum absolute atomic E-state index is 12.5. The highest BCUT2D eigenvalue weighted by Crippen LogP contribution is 2.23. The number of likely N-dealkylation sites (N-methyl/N-ethyl adjacent to an activating group) is 1. The third kappa shape index (κ3) is 5.36. The lowest BCUT2D eigenvalue weighted by molar-refractivity contribution is 0.128. The number of phenolic OH excluding ortho intramolecular Hbond substituents is 1. The average molecular weight is 369 g/mol. The molecule has 0 unspecified atom stereocenters. The van der Waals surface area contributed by atoms with Crippen LogP contribution in [0, 0.1) is 11.3 Å². The molecule has 0 heterocycles. The Morgan fingerprint density at radius 2 is 2.07 bits per heavy atom. The zero-order valence-electron chi connectivity index (χ0n) is 15.3. The molecule has 0 saturated heterocycles. The van der Waals surface area contributed by atoms with Gasteiger partial charge in [-0.1, -0.05) is 12.1 Å². The predicted molar refractivity (Wildman–Crippen MR) is 102 cm³/mol. The first-order valence-corrected chi connectivity index (χ1v) is 8.68. The van der Waals surface area contributed by atoms with E-state index in [2.05, 4.69) is 5.32 Å². The number of anilines is 1. The van der Waals surface area contributed by atoms with Gasteiger partial charge in [0.2, 0.25) is 0 Å². The summed E-state index contributed by atoms with van der Waals surface area (Å²) in [4.78, 5) is 14.0. The molecule has 142 valence electrons. The smallest absolute Gasteiger partial charge is 0.321 e. The molecule has 0 saturated carbocycles. The number of urea groups is 1. The van der Waals surface area contributed by atoms with Crippen molar-refractivity contribution in [2.75, 3.05) is 25.0 Å². The molecule has 2 aromatic rings. The Balaban J connectivity index is 2.07. The van der Waals surface area contributed by atoms with E-state index >= 15 is 0 Å². The molecule has 0 fully saturated rings. The summed E-state index contributed by atoms with van der Waals surface area (Å²) < 4.78 is 5.37. The van der Waals surface area contributed by atoms with E-state index in [1.165, 1.54) is 17.0 Å². The second-order valence-corrected chi connectivity index (χ2v) is 5.84. The van der Waals surface area contributed by atoms with Crippen LogP contribution in [0.25, 0.3) is 0 Å². The van der Waals surface area contributed by atoms with Crippen LogP contribution in [0.1, 0.15) is 31.1 Å². The van der Waals surface area contributed by atoms with Crippen molar-refractivity contribution in [3.05, 3.63) is 53.6 Å². The van der Waals surface area contributed by atoms with E-state index in [4.69, 9.17) is 4.74 Å². The maximum atomic E-state index is 12.5. The SMILES string of the molecule is CCOc1ccc(NC(=O)N(CC)C[C@@H](O)c2cccc(O)c2)cc1C#N. The Bertz CT molecular complexity index is 832. The van der Waals surface area contributed by atoms with E-state index in [1.54, 1.807) is 37.3 Å². The second-order valence-electron chi connectivity index (χ2n) is 5.84. The summed E-state index contributed by atoms with van der Waals surface area (Å²) in [5.74, 6) is 0.516. The molecule has 0 radical (unpaired) electrons. The molecule has 27 heavy (non-hydrogen) atoms. The second kappa shape index (κ2) is 9.46. The summed E-state index contributed by atoms with van der Waals surface area (Å²) in [5.41, 5.74) is 1.32.